The highest BCUT2D eigenvalue weighted by molar-refractivity contribution is 8.68. The van der Waals surface area contributed by atoms with E-state index in [1.165, 1.54) is 10.8 Å². The van der Waals surface area contributed by atoms with E-state index in [9.17, 15) is 0 Å². The molecule has 56 valence electrons. The van der Waals surface area contributed by atoms with E-state index >= 15 is 0 Å². The van der Waals surface area contributed by atoms with Gasteiger partial charge in [-0.05, 0) is 22.9 Å². The predicted octanol–water partition coefficient (Wildman–Crippen LogP) is 2.16. The van der Waals surface area contributed by atoms with Crippen molar-refractivity contribution in [1.82, 2.24) is 9.97 Å². The topological polar surface area (TPSA) is 38.9 Å². The van der Waals surface area contributed by atoms with Crippen LogP contribution in [0.4, 0.5) is 0 Å². The first-order valence-corrected chi connectivity index (χ1v) is 4.80. The Morgan fingerprint density at radius 3 is 3.18 bits per heavy atom. The lowest BCUT2D eigenvalue weighted by atomic mass is 10.5. The minimum Gasteiger partial charge on any atom is -0.429 e. The maximum atomic E-state index is 5.23. The molecule has 0 unspecified atom stereocenters. The first-order chi connectivity index (χ1) is 5.40. The monoisotopic (exact) mass is 184 g/mol. The Morgan fingerprint density at radius 1 is 1.55 bits per heavy atom. The van der Waals surface area contributed by atoms with Gasteiger partial charge in [-0.2, -0.15) is 4.98 Å². The van der Waals surface area contributed by atoms with Crippen molar-refractivity contribution in [3.63, 3.8) is 0 Å². The number of nitrogens with zero attached hydrogens (tertiary/aromatic N) is 2. The van der Waals surface area contributed by atoms with Crippen molar-refractivity contribution in [2.24, 2.45) is 0 Å². The lowest BCUT2D eigenvalue weighted by Crippen LogP contribution is -1.71. The normalized spacial score (nSPS) is 10.6. The molecular weight excluding hydrogens is 180 g/mol. The summed E-state index contributed by atoms with van der Waals surface area (Å²) in [5.74, 6) is 0. The Hall–Kier alpha value is -0.680. The van der Waals surface area contributed by atoms with Crippen LogP contribution in [0.15, 0.2) is 28.0 Å². The van der Waals surface area contributed by atoms with Gasteiger partial charge in [0.2, 0.25) is 0 Å². The van der Waals surface area contributed by atoms with Gasteiger partial charge in [-0.15, -0.1) is 11.7 Å². The summed E-state index contributed by atoms with van der Waals surface area (Å²) in [5.41, 5.74) is 1.33. The molecule has 0 saturated carbocycles. The molecule has 0 radical (unpaired) electrons. The van der Waals surface area contributed by atoms with Crippen LogP contribution in [-0.4, -0.2) is 9.97 Å². The summed E-state index contributed by atoms with van der Waals surface area (Å²) in [6, 6.07) is 3.63. The molecule has 0 aliphatic heterocycles. The molecule has 2 aromatic heterocycles. The van der Waals surface area contributed by atoms with E-state index in [0.717, 1.165) is 0 Å². The zero-order valence-electron chi connectivity index (χ0n) is 5.39. The summed E-state index contributed by atoms with van der Waals surface area (Å²) in [6.45, 7) is 0. The Kier molecular flexibility index (Phi) is 1.75. The van der Waals surface area contributed by atoms with Gasteiger partial charge in [0.15, 0.2) is 11.2 Å². The molecule has 2 aromatic rings. The maximum Gasteiger partial charge on any atom is 0.269 e. The Balaban J connectivity index is 2.69. The summed E-state index contributed by atoms with van der Waals surface area (Å²) in [7, 11) is 1.17. The SMILES string of the molecule is SSc1nc2ncccc2o1. The number of thiol groups is 1. The van der Waals surface area contributed by atoms with Crippen LogP contribution in [0, 0.1) is 0 Å². The van der Waals surface area contributed by atoms with Gasteiger partial charge in [0.25, 0.3) is 5.22 Å². The summed E-state index contributed by atoms with van der Waals surface area (Å²) < 4.78 is 5.23. The van der Waals surface area contributed by atoms with Crippen molar-refractivity contribution in [1.29, 1.82) is 0 Å². The number of hydrogen-bond donors (Lipinski definition) is 1. The number of pyridine rings is 1. The van der Waals surface area contributed by atoms with Crippen molar-refractivity contribution < 1.29 is 4.42 Å². The average molecular weight is 184 g/mol. The van der Waals surface area contributed by atoms with E-state index in [1.54, 1.807) is 12.3 Å². The molecule has 5 heteroatoms. The van der Waals surface area contributed by atoms with Gasteiger partial charge < -0.3 is 4.42 Å². The Morgan fingerprint density at radius 2 is 2.45 bits per heavy atom. The number of aromatic nitrogens is 2. The fraction of sp³-hybridized carbons (Fsp3) is 0. The summed E-state index contributed by atoms with van der Waals surface area (Å²) in [5, 5.41) is 0.530. The fourth-order valence-corrected chi connectivity index (χ4v) is 1.28. The molecule has 0 spiro atoms. The second-order valence-electron chi connectivity index (χ2n) is 1.90. The van der Waals surface area contributed by atoms with Crippen LogP contribution in [0.2, 0.25) is 0 Å². The zero-order chi connectivity index (χ0) is 7.68. The highest BCUT2D eigenvalue weighted by atomic mass is 33.1. The summed E-state index contributed by atoms with van der Waals surface area (Å²) in [6.07, 6.45) is 1.68. The van der Waals surface area contributed by atoms with Gasteiger partial charge in [0.05, 0.1) is 0 Å². The number of rotatable bonds is 1. The van der Waals surface area contributed by atoms with Crippen molar-refractivity contribution >= 4 is 33.7 Å². The molecule has 0 bridgehead atoms. The molecule has 2 heterocycles. The molecule has 0 amide bonds. The lowest BCUT2D eigenvalue weighted by Gasteiger charge is -1.79. The quantitative estimate of drug-likeness (QED) is 0.544. The second-order valence-corrected chi connectivity index (χ2v) is 2.98. The maximum absolute atomic E-state index is 5.23. The highest BCUT2D eigenvalue weighted by Gasteiger charge is 2.03. The van der Waals surface area contributed by atoms with Gasteiger partial charge in [-0.3, -0.25) is 0 Å². The Labute approximate surface area is 72.0 Å². The summed E-state index contributed by atoms with van der Waals surface area (Å²) >= 11 is 3.95. The number of fused-ring (bicyclic) bond motifs is 1. The predicted molar refractivity (Wildman–Crippen MR) is 46.6 cm³/mol. The van der Waals surface area contributed by atoms with Gasteiger partial charge >= 0.3 is 0 Å². The van der Waals surface area contributed by atoms with E-state index < -0.39 is 0 Å². The lowest BCUT2D eigenvalue weighted by molar-refractivity contribution is 0.491. The first kappa shape index (κ1) is 7.00. The fourth-order valence-electron chi connectivity index (χ4n) is 0.788. The third-order valence-corrected chi connectivity index (χ3v) is 2.02. The third kappa shape index (κ3) is 1.21. The zero-order valence-corrected chi connectivity index (χ0v) is 7.10. The standard InChI is InChI=1S/C6H4N2OS2/c10-11-6-8-5-4(9-6)2-1-3-7-5/h1-3,10H. The molecule has 0 N–H and O–H groups in total. The van der Waals surface area contributed by atoms with Crippen LogP contribution in [0.3, 0.4) is 0 Å². The van der Waals surface area contributed by atoms with Crippen LogP contribution in [0.5, 0.6) is 0 Å². The van der Waals surface area contributed by atoms with E-state index in [-0.39, 0.29) is 0 Å². The highest BCUT2D eigenvalue weighted by Crippen LogP contribution is 2.23. The van der Waals surface area contributed by atoms with Gasteiger partial charge in [0, 0.05) is 6.20 Å². The molecular formula is C6H4N2OS2. The largest absolute Gasteiger partial charge is 0.429 e. The molecule has 0 aliphatic carbocycles. The smallest absolute Gasteiger partial charge is 0.269 e. The Bertz CT molecular complexity index is 340. The van der Waals surface area contributed by atoms with E-state index in [1.807, 2.05) is 6.07 Å². The number of oxazole rings is 1. The van der Waals surface area contributed by atoms with Gasteiger partial charge in [-0.1, -0.05) is 0 Å². The van der Waals surface area contributed by atoms with Crippen LogP contribution in [-0.2, 0) is 0 Å². The van der Waals surface area contributed by atoms with Gasteiger partial charge in [0.1, 0.15) is 0 Å². The van der Waals surface area contributed by atoms with Gasteiger partial charge in [-0.25, -0.2) is 4.98 Å². The molecule has 11 heavy (non-hydrogen) atoms. The van der Waals surface area contributed by atoms with Crippen molar-refractivity contribution in [2.75, 3.05) is 0 Å². The molecule has 0 saturated heterocycles. The molecule has 3 nitrogen and oxygen atoms in total. The van der Waals surface area contributed by atoms with Crippen LogP contribution < -0.4 is 0 Å². The minimum absolute atomic E-state index is 0.530. The molecule has 2 rings (SSSR count). The van der Waals surface area contributed by atoms with Crippen molar-refractivity contribution in [3.8, 4) is 0 Å². The molecule has 0 aromatic carbocycles. The third-order valence-electron chi connectivity index (χ3n) is 1.22. The van der Waals surface area contributed by atoms with Crippen LogP contribution >= 0.6 is 22.5 Å². The van der Waals surface area contributed by atoms with Crippen molar-refractivity contribution in [3.05, 3.63) is 18.3 Å². The first-order valence-electron chi connectivity index (χ1n) is 2.93. The van der Waals surface area contributed by atoms with Crippen molar-refractivity contribution in [2.45, 2.75) is 5.22 Å². The minimum atomic E-state index is 0.530. The molecule has 0 fully saturated rings. The molecule has 0 atom stereocenters. The van der Waals surface area contributed by atoms with E-state index in [4.69, 9.17) is 4.42 Å². The number of hydrogen-bond acceptors (Lipinski definition) is 5. The van der Waals surface area contributed by atoms with E-state index in [2.05, 4.69) is 21.6 Å². The summed E-state index contributed by atoms with van der Waals surface area (Å²) in [4.78, 5) is 8.04. The average Bonchev–Trinajstić information content (AvgIpc) is 2.46. The van der Waals surface area contributed by atoms with Crippen LogP contribution in [0.25, 0.3) is 11.2 Å². The molecule has 0 aliphatic rings. The second kappa shape index (κ2) is 2.75. The van der Waals surface area contributed by atoms with Crippen LogP contribution in [0.1, 0.15) is 0 Å². The van der Waals surface area contributed by atoms with E-state index in [0.29, 0.717) is 16.5 Å².